The van der Waals surface area contributed by atoms with E-state index < -0.39 is 56.4 Å². The van der Waals surface area contributed by atoms with Crippen molar-refractivity contribution in [2.75, 3.05) is 0 Å². The van der Waals surface area contributed by atoms with Crippen molar-refractivity contribution in [3.63, 3.8) is 0 Å². The summed E-state index contributed by atoms with van der Waals surface area (Å²) in [6.45, 7) is 0. The lowest BCUT2D eigenvalue weighted by atomic mass is 10.0. The van der Waals surface area contributed by atoms with E-state index >= 15 is 0 Å². The number of hydrogen-bond donors (Lipinski definition) is 0. The second-order valence-electron chi connectivity index (χ2n) is 4.44. The molecule has 0 saturated carbocycles. The van der Waals surface area contributed by atoms with E-state index in [0.717, 1.165) is 36.4 Å². The fourth-order valence-electron chi connectivity index (χ4n) is 1.89. The van der Waals surface area contributed by atoms with Gasteiger partial charge in [0.1, 0.15) is 9.79 Å². The van der Waals surface area contributed by atoms with Crippen LogP contribution < -0.4 is 0 Å². The summed E-state index contributed by atoms with van der Waals surface area (Å²) in [6, 6.07) is 5.53. The highest BCUT2D eigenvalue weighted by molar-refractivity contribution is 8.14. The minimum atomic E-state index is -4.48. The van der Waals surface area contributed by atoms with E-state index in [1.807, 2.05) is 0 Å². The predicted octanol–water partition coefficient (Wildman–Crippen LogP) is 3.05. The number of hydrogen-bond acceptors (Lipinski definition) is 5. The van der Waals surface area contributed by atoms with Gasteiger partial charge in [-0.15, -0.1) is 0 Å². The van der Waals surface area contributed by atoms with Gasteiger partial charge in [-0.1, -0.05) is 12.1 Å². The average molecular weight is 415 g/mol. The Hall–Kier alpha value is -1.55. The van der Waals surface area contributed by atoms with Gasteiger partial charge in [-0.3, -0.25) is 4.79 Å². The number of carbonyl (C=O) groups is 1. The van der Waals surface area contributed by atoms with Crippen LogP contribution >= 0.6 is 21.4 Å². The molecule has 0 amide bonds. The highest BCUT2D eigenvalue weighted by Crippen LogP contribution is 2.27. The summed E-state index contributed by atoms with van der Waals surface area (Å²) >= 11 is 0. The van der Waals surface area contributed by atoms with E-state index in [2.05, 4.69) is 0 Å². The molecule has 0 bridgehead atoms. The normalized spacial score (nSPS) is 12.2. The molecule has 0 fully saturated rings. The molecular formula is C13H6Cl2F2O5S2. The number of rotatable bonds is 4. The zero-order chi connectivity index (χ0) is 18.3. The molecule has 0 aliphatic rings. The fourth-order valence-corrected chi connectivity index (χ4v) is 3.74. The lowest BCUT2D eigenvalue weighted by Crippen LogP contribution is -2.11. The number of ketones is 1. The molecule has 24 heavy (non-hydrogen) atoms. The van der Waals surface area contributed by atoms with Crippen LogP contribution in [0.15, 0.2) is 46.2 Å². The molecule has 0 spiro atoms. The Balaban J connectivity index is 2.68. The third-order valence-electron chi connectivity index (χ3n) is 2.94. The Kier molecular flexibility index (Phi) is 5.01. The zero-order valence-electron chi connectivity index (χ0n) is 11.3. The molecule has 0 aromatic heterocycles. The Bertz CT molecular complexity index is 967. The van der Waals surface area contributed by atoms with Gasteiger partial charge in [-0.25, -0.2) is 25.6 Å². The van der Waals surface area contributed by atoms with Crippen molar-refractivity contribution in [3.05, 3.63) is 59.2 Å². The van der Waals surface area contributed by atoms with Crippen LogP contribution in [0.2, 0.25) is 0 Å². The number of benzene rings is 2. The summed E-state index contributed by atoms with van der Waals surface area (Å²) in [5, 5.41) is 0. The molecular weight excluding hydrogens is 409 g/mol. The second-order valence-corrected chi connectivity index (χ2v) is 9.51. The van der Waals surface area contributed by atoms with E-state index in [-0.39, 0.29) is 0 Å². The first-order valence-electron chi connectivity index (χ1n) is 5.95. The fraction of sp³-hybridized carbons (Fsp3) is 0. The van der Waals surface area contributed by atoms with Crippen molar-refractivity contribution in [3.8, 4) is 0 Å². The van der Waals surface area contributed by atoms with Crippen molar-refractivity contribution >= 4 is 45.2 Å². The standard InChI is InChI=1S/C13H6Cl2F2O5S2/c14-23(19,20)9-5-1-3-7(11(9)16)13(18)8-4-2-6-10(12(8)17)24(15,21)22/h1-6H. The van der Waals surface area contributed by atoms with E-state index in [4.69, 9.17) is 21.4 Å². The van der Waals surface area contributed by atoms with Crippen LogP contribution in [0.5, 0.6) is 0 Å². The molecule has 2 aromatic rings. The summed E-state index contributed by atoms with van der Waals surface area (Å²) in [4.78, 5) is 10.4. The predicted molar refractivity (Wildman–Crippen MR) is 82.3 cm³/mol. The molecule has 0 unspecified atom stereocenters. The molecule has 128 valence electrons. The third-order valence-corrected chi connectivity index (χ3v) is 5.62. The summed E-state index contributed by atoms with van der Waals surface area (Å²) in [6.07, 6.45) is 0. The molecule has 0 aliphatic carbocycles. The molecule has 0 atom stereocenters. The van der Waals surface area contributed by atoms with Crippen molar-refractivity contribution in [2.24, 2.45) is 0 Å². The topological polar surface area (TPSA) is 85.3 Å². The van der Waals surface area contributed by atoms with E-state index in [1.165, 1.54) is 0 Å². The first-order chi connectivity index (χ1) is 10.9. The smallest absolute Gasteiger partial charge is 0.264 e. The molecule has 0 saturated heterocycles. The second kappa shape index (κ2) is 6.40. The quantitative estimate of drug-likeness (QED) is 0.566. The Morgan fingerprint density at radius 1 is 0.750 bits per heavy atom. The number of carbonyl (C=O) groups excluding carboxylic acids is 1. The van der Waals surface area contributed by atoms with Gasteiger partial charge in [0.15, 0.2) is 17.4 Å². The molecule has 0 aliphatic heterocycles. The summed E-state index contributed by atoms with van der Waals surface area (Å²) in [5.74, 6) is -4.22. The molecule has 11 heteroatoms. The van der Waals surface area contributed by atoms with Gasteiger partial charge in [0.2, 0.25) is 0 Å². The van der Waals surface area contributed by atoms with Crippen LogP contribution in [0.25, 0.3) is 0 Å². The largest absolute Gasteiger partial charge is 0.288 e. The van der Waals surface area contributed by atoms with Crippen LogP contribution in [0.1, 0.15) is 15.9 Å². The lowest BCUT2D eigenvalue weighted by molar-refractivity contribution is 0.103. The van der Waals surface area contributed by atoms with Crippen molar-refractivity contribution in [1.82, 2.24) is 0 Å². The van der Waals surface area contributed by atoms with E-state index in [1.54, 1.807) is 0 Å². The zero-order valence-corrected chi connectivity index (χ0v) is 14.5. The van der Waals surface area contributed by atoms with Crippen molar-refractivity contribution in [1.29, 1.82) is 0 Å². The van der Waals surface area contributed by atoms with Gasteiger partial charge in [0.25, 0.3) is 18.1 Å². The van der Waals surface area contributed by atoms with Crippen LogP contribution in [-0.4, -0.2) is 22.6 Å². The first kappa shape index (κ1) is 18.8. The van der Waals surface area contributed by atoms with Crippen LogP contribution in [0.3, 0.4) is 0 Å². The Morgan fingerprint density at radius 2 is 1.08 bits per heavy atom. The highest BCUT2D eigenvalue weighted by atomic mass is 35.7. The summed E-state index contributed by atoms with van der Waals surface area (Å²) in [5.41, 5.74) is -1.58. The molecule has 2 aromatic carbocycles. The molecule has 0 radical (unpaired) electrons. The monoisotopic (exact) mass is 414 g/mol. The van der Waals surface area contributed by atoms with Gasteiger partial charge in [-0.2, -0.15) is 0 Å². The van der Waals surface area contributed by atoms with E-state index in [9.17, 15) is 30.4 Å². The maximum Gasteiger partial charge on any atom is 0.264 e. The van der Waals surface area contributed by atoms with Crippen LogP contribution in [0, 0.1) is 11.6 Å². The van der Waals surface area contributed by atoms with Gasteiger partial charge in [-0.05, 0) is 24.3 Å². The average Bonchev–Trinajstić information content (AvgIpc) is 2.44. The summed E-state index contributed by atoms with van der Waals surface area (Å²) < 4.78 is 73.5. The van der Waals surface area contributed by atoms with Gasteiger partial charge < -0.3 is 0 Å². The van der Waals surface area contributed by atoms with Crippen molar-refractivity contribution in [2.45, 2.75) is 9.79 Å². The van der Waals surface area contributed by atoms with Crippen LogP contribution in [0.4, 0.5) is 8.78 Å². The Morgan fingerprint density at radius 3 is 1.38 bits per heavy atom. The molecule has 0 N–H and O–H groups in total. The van der Waals surface area contributed by atoms with Gasteiger partial charge in [0, 0.05) is 21.4 Å². The minimum absolute atomic E-state index is 0.792. The number of halogens is 4. The maximum atomic E-state index is 14.2. The maximum absolute atomic E-state index is 14.2. The highest BCUT2D eigenvalue weighted by Gasteiger charge is 2.27. The Labute approximate surface area is 144 Å². The first-order valence-corrected chi connectivity index (χ1v) is 10.6. The van der Waals surface area contributed by atoms with Crippen molar-refractivity contribution < 1.29 is 30.4 Å². The van der Waals surface area contributed by atoms with Gasteiger partial charge >= 0.3 is 0 Å². The van der Waals surface area contributed by atoms with Gasteiger partial charge in [0.05, 0.1) is 11.1 Å². The van der Waals surface area contributed by atoms with E-state index in [0.29, 0.717) is 0 Å². The molecule has 0 heterocycles. The SMILES string of the molecule is O=C(c1cccc(S(=O)(=O)Cl)c1F)c1cccc(S(=O)(=O)Cl)c1F. The summed E-state index contributed by atoms with van der Waals surface area (Å²) in [7, 11) is 1.15. The third kappa shape index (κ3) is 3.59. The lowest BCUT2D eigenvalue weighted by Gasteiger charge is -2.08. The van der Waals surface area contributed by atoms with Crippen LogP contribution in [-0.2, 0) is 18.1 Å². The molecule has 2 rings (SSSR count). The minimum Gasteiger partial charge on any atom is -0.288 e. The molecule has 5 nitrogen and oxygen atoms in total.